The third-order valence-electron chi connectivity index (χ3n) is 5.79. The molecule has 9 nitrogen and oxygen atoms in total. The first-order chi connectivity index (χ1) is 14.3. The summed E-state index contributed by atoms with van der Waals surface area (Å²) in [7, 11) is -3.60. The van der Waals surface area contributed by atoms with E-state index in [1.165, 1.54) is 17.5 Å². The fourth-order valence-electron chi connectivity index (χ4n) is 4.40. The van der Waals surface area contributed by atoms with Gasteiger partial charge in [0.05, 0.1) is 18.1 Å². The fourth-order valence-corrected chi connectivity index (χ4v) is 4.98. The number of aryl methyl sites for hydroxylation is 1. The first-order valence-corrected chi connectivity index (χ1v) is 12.1. The van der Waals surface area contributed by atoms with E-state index in [-0.39, 0.29) is 24.5 Å². The number of rotatable bonds is 1. The standard InChI is InChI=1S/C20H26N4O5S/c1-13-19-14-5-7-15(8-6-14)28-10-17-16(23-30(2,26)27)4-3-9-24(17)18(25)11-29-20(19)22-12-21-13/h10,12,14-15H,3-9,11H2,1-2H3/b17-10-,23-16+. The van der Waals surface area contributed by atoms with Gasteiger partial charge < -0.3 is 14.4 Å². The van der Waals surface area contributed by atoms with Crippen molar-refractivity contribution in [3.63, 3.8) is 0 Å². The zero-order valence-electron chi connectivity index (χ0n) is 17.2. The molecule has 4 heterocycles. The lowest BCUT2D eigenvalue weighted by atomic mass is 9.82. The third-order valence-corrected chi connectivity index (χ3v) is 6.34. The highest BCUT2D eigenvalue weighted by molar-refractivity contribution is 7.89. The normalized spacial score (nSPS) is 28.1. The molecule has 1 aromatic heterocycles. The maximum Gasteiger partial charge on any atom is 0.265 e. The highest BCUT2D eigenvalue weighted by atomic mass is 32.2. The first-order valence-electron chi connectivity index (χ1n) is 10.2. The number of hydrogen-bond acceptors (Lipinski definition) is 7. The summed E-state index contributed by atoms with van der Waals surface area (Å²) in [5.74, 6) is 0.418. The van der Waals surface area contributed by atoms with Gasteiger partial charge in [-0.1, -0.05) is 0 Å². The number of fused-ring (bicyclic) bond motifs is 5. The van der Waals surface area contributed by atoms with Crippen molar-refractivity contribution in [2.45, 2.75) is 57.5 Å². The third kappa shape index (κ3) is 4.48. The number of hydrogen-bond donors (Lipinski definition) is 0. The molecule has 0 aromatic carbocycles. The number of carbonyl (C=O) groups excluding carboxylic acids is 1. The van der Waals surface area contributed by atoms with Gasteiger partial charge in [-0.05, 0) is 51.4 Å². The molecule has 2 fully saturated rings. The van der Waals surface area contributed by atoms with E-state index in [9.17, 15) is 13.2 Å². The molecule has 0 N–H and O–H groups in total. The number of aromatic nitrogens is 2. The number of piperidine rings is 1. The lowest BCUT2D eigenvalue weighted by molar-refractivity contribution is -0.131. The Balaban J connectivity index is 1.72. The van der Waals surface area contributed by atoms with E-state index in [1.807, 2.05) is 6.92 Å². The Kier molecular flexibility index (Phi) is 5.77. The van der Waals surface area contributed by atoms with Crippen LogP contribution in [0.1, 0.15) is 55.7 Å². The average Bonchev–Trinajstić information content (AvgIpc) is 2.71. The average molecular weight is 435 g/mol. The molecule has 0 spiro atoms. The van der Waals surface area contributed by atoms with Gasteiger partial charge in [-0.3, -0.25) is 4.79 Å². The van der Waals surface area contributed by atoms with Crippen LogP contribution in [-0.4, -0.2) is 60.4 Å². The second-order valence-corrected chi connectivity index (χ2v) is 9.65. The van der Waals surface area contributed by atoms with Crippen LogP contribution in [0.4, 0.5) is 0 Å². The van der Waals surface area contributed by atoms with Crippen LogP contribution in [0.3, 0.4) is 0 Å². The molecule has 1 aliphatic carbocycles. The summed E-state index contributed by atoms with van der Waals surface area (Å²) in [4.78, 5) is 23.1. The molecule has 4 aliphatic rings. The van der Waals surface area contributed by atoms with E-state index in [4.69, 9.17) is 9.47 Å². The molecule has 0 atom stereocenters. The van der Waals surface area contributed by atoms with Gasteiger partial charge in [0.15, 0.2) is 6.61 Å². The molecule has 162 valence electrons. The van der Waals surface area contributed by atoms with Crippen LogP contribution in [0, 0.1) is 6.92 Å². The molecule has 0 unspecified atom stereocenters. The van der Waals surface area contributed by atoms with Gasteiger partial charge in [-0.25, -0.2) is 18.4 Å². The summed E-state index contributed by atoms with van der Waals surface area (Å²) >= 11 is 0. The Morgan fingerprint density at radius 2 is 1.97 bits per heavy atom. The van der Waals surface area contributed by atoms with Crippen LogP contribution in [0.15, 0.2) is 22.7 Å². The Morgan fingerprint density at radius 3 is 2.70 bits per heavy atom. The minimum atomic E-state index is -3.60. The van der Waals surface area contributed by atoms with Crippen molar-refractivity contribution < 1.29 is 22.7 Å². The van der Waals surface area contributed by atoms with Crippen molar-refractivity contribution in [1.82, 2.24) is 14.9 Å². The smallest absolute Gasteiger partial charge is 0.265 e. The number of sulfonamides is 1. The van der Waals surface area contributed by atoms with Crippen molar-refractivity contribution >= 4 is 21.6 Å². The fraction of sp³-hybridized carbons (Fsp3) is 0.600. The Hall–Kier alpha value is -2.49. The molecule has 0 radical (unpaired) electrons. The van der Waals surface area contributed by atoms with E-state index in [0.29, 0.717) is 36.7 Å². The van der Waals surface area contributed by atoms with Gasteiger partial charge in [0.25, 0.3) is 15.9 Å². The molecule has 3 aliphatic heterocycles. The first kappa shape index (κ1) is 20.8. The van der Waals surface area contributed by atoms with Crippen LogP contribution in [0.5, 0.6) is 5.88 Å². The molecule has 1 amide bonds. The van der Waals surface area contributed by atoms with E-state index in [0.717, 1.165) is 43.2 Å². The monoisotopic (exact) mass is 434 g/mol. The van der Waals surface area contributed by atoms with Gasteiger partial charge in [-0.15, -0.1) is 0 Å². The lowest BCUT2D eigenvalue weighted by Crippen LogP contribution is -2.41. The van der Waals surface area contributed by atoms with E-state index in [2.05, 4.69) is 14.4 Å². The van der Waals surface area contributed by atoms with E-state index in [1.54, 1.807) is 0 Å². The lowest BCUT2D eigenvalue weighted by Gasteiger charge is -2.31. The maximum atomic E-state index is 13.0. The SMILES string of the molecule is Cc1ncnc2c1C1CCC(CC1)O/C=C1/C(=N/S(C)(=O)=O)CCCN1C(=O)CO2. The maximum absolute atomic E-state index is 13.0. The molecule has 2 bridgehead atoms. The molecular weight excluding hydrogens is 408 g/mol. The number of ether oxygens (including phenoxy) is 2. The summed E-state index contributed by atoms with van der Waals surface area (Å²) in [6.07, 6.45) is 8.59. The van der Waals surface area contributed by atoms with E-state index >= 15 is 0 Å². The van der Waals surface area contributed by atoms with Crippen molar-refractivity contribution in [2.24, 2.45) is 4.40 Å². The predicted molar refractivity (Wildman–Crippen MR) is 110 cm³/mol. The Bertz CT molecular complexity index is 996. The van der Waals surface area contributed by atoms with E-state index < -0.39 is 10.0 Å². The zero-order valence-corrected chi connectivity index (χ0v) is 18.0. The van der Waals surface area contributed by atoms with Gasteiger partial charge in [0.2, 0.25) is 5.88 Å². The number of nitrogens with zero attached hydrogens (tertiary/aromatic N) is 4. The predicted octanol–water partition coefficient (Wildman–Crippen LogP) is 2.08. The number of carbonyl (C=O) groups is 1. The molecule has 10 heteroatoms. The van der Waals surface area contributed by atoms with Crippen LogP contribution in [0.25, 0.3) is 0 Å². The molecule has 30 heavy (non-hydrogen) atoms. The van der Waals surface area contributed by atoms with Crippen molar-refractivity contribution in [2.75, 3.05) is 19.4 Å². The van der Waals surface area contributed by atoms with Gasteiger partial charge in [-0.2, -0.15) is 4.40 Å². The summed E-state index contributed by atoms with van der Waals surface area (Å²) < 4.78 is 39.3. The summed E-state index contributed by atoms with van der Waals surface area (Å²) in [6.45, 7) is 2.18. The summed E-state index contributed by atoms with van der Waals surface area (Å²) in [5.41, 5.74) is 2.58. The summed E-state index contributed by atoms with van der Waals surface area (Å²) in [6, 6.07) is 0. The number of allylic oxidation sites excluding steroid dienone is 1. The second kappa shape index (κ2) is 8.33. The van der Waals surface area contributed by atoms with Gasteiger partial charge >= 0.3 is 0 Å². The molecule has 5 rings (SSSR count). The van der Waals surface area contributed by atoms with Gasteiger partial charge in [0.1, 0.15) is 18.3 Å². The van der Waals surface area contributed by atoms with Crippen LogP contribution in [0.2, 0.25) is 0 Å². The van der Waals surface area contributed by atoms with Crippen LogP contribution in [-0.2, 0) is 19.6 Å². The minimum absolute atomic E-state index is 0.00201. The minimum Gasteiger partial charge on any atom is -0.496 e. The zero-order chi connectivity index (χ0) is 21.3. The van der Waals surface area contributed by atoms with Crippen LogP contribution < -0.4 is 4.74 Å². The van der Waals surface area contributed by atoms with Crippen LogP contribution >= 0.6 is 0 Å². The van der Waals surface area contributed by atoms with Gasteiger partial charge in [0, 0.05) is 17.8 Å². The molecular formula is C20H26N4O5S. The number of amides is 1. The summed E-state index contributed by atoms with van der Waals surface area (Å²) in [5, 5.41) is 0. The highest BCUT2D eigenvalue weighted by Crippen LogP contribution is 2.39. The Morgan fingerprint density at radius 1 is 1.20 bits per heavy atom. The highest BCUT2D eigenvalue weighted by Gasteiger charge is 2.32. The molecule has 1 saturated carbocycles. The second-order valence-electron chi connectivity index (χ2n) is 8.00. The van der Waals surface area contributed by atoms with Crippen molar-refractivity contribution in [3.05, 3.63) is 29.5 Å². The Labute approximate surface area is 176 Å². The largest absolute Gasteiger partial charge is 0.496 e. The molecule has 1 aromatic rings. The molecule has 1 saturated heterocycles. The van der Waals surface area contributed by atoms with Crippen molar-refractivity contribution in [1.29, 1.82) is 0 Å². The topological polar surface area (TPSA) is 111 Å². The van der Waals surface area contributed by atoms with Crippen molar-refractivity contribution in [3.8, 4) is 5.88 Å². The quantitative estimate of drug-likeness (QED) is 0.665.